The van der Waals surface area contributed by atoms with Gasteiger partial charge in [0.1, 0.15) is 0 Å². The number of amides is 1. The van der Waals surface area contributed by atoms with Gasteiger partial charge in [-0.15, -0.1) is 0 Å². The van der Waals surface area contributed by atoms with Gasteiger partial charge in [-0.1, -0.05) is 37.3 Å². The number of rotatable bonds is 6. The van der Waals surface area contributed by atoms with Gasteiger partial charge in [0.15, 0.2) is 12.7 Å². The van der Waals surface area contributed by atoms with Gasteiger partial charge >= 0.3 is 5.97 Å². The Kier molecular flexibility index (Phi) is 6.66. The van der Waals surface area contributed by atoms with Crippen LogP contribution in [0, 0.1) is 5.92 Å². The van der Waals surface area contributed by atoms with Gasteiger partial charge in [-0.2, -0.15) is 0 Å². The quantitative estimate of drug-likeness (QED) is 0.751. The Bertz CT molecular complexity index is 784. The lowest BCUT2D eigenvalue weighted by Crippen LogP contribution is -2.32. The molecule has 2 aromatic rings. The summed E-state index contributed by atoms with van der Waals surface area (Å²) in [6.45, 7) is 3.93. The van der Waals surface area contributed by atoms with E-state index in [2.05, 4.69) is 17.1 Å². The molecular weight excluding hydrogens is 356 g/mol. The first-order valence-corrected chi connectivity index (χ1v) is 9.57. The molecule has 0 aromatic heterocycles. The highest BCUT2D eigenvalue weighted by atomic mass is 16.5. The standard InChI is InChI=1S/C22H26N2O4/c1-16-11-13-24(14-12-16)19-9-7-18(8-10-19)23-20(25)15-28-22(27)21(26)17-5-3-2-4-6-17/h2-10,16,21,26H,11-15H2,1H3,(H,23,25)/t21-/m0/s1. The van der Waals surface area contributed by atoms with Crippen molar-refractivity contribution in [1.29, 1.82) is 0 Å². The van der Waals surface area contributed by atoms with E-state index in [0.717, 1.165) is 24.7 Å². The van der Waals surface area contributed by atoms with Crippen molar-refractivity contribution in [1.82, 2.24) is 0 Å². The van der Waals surface area contributed by atoms with Crippen LogP contribution in [0.1, 0.15) is 31.4 Å². The van der Waals surface area contributed by atoms with E-state index in [0.29, 0.717) is 11.3 Å². The molecule has 28 heavy (non-hydrogen) atoms. The average Bonchev–Trinajstić information content (AvgIpc) is 2.73. The number of nitrogens with zero attached hydrogens (tertiary/aromatic N) is 1. The number of carbonyl (C=O) groups is 2. The van der Waals surface area contributed by atoms with Crippen LogP contribution in [-0.2, 0) is 14.3 Å². The van der Waals surface area contributed by atoms with Gasteiger partial charge in [0.2, 0.25) is 0 Å². The zero-order valence-electron chi connectivity index (χ0n) is 16.0. The van der Waals surface area contributed by atoms with Crippen molar-refractivity contribution in [3.05, 3.63) is 60.2 Å². The fourth-order valence-electron chi connectivity index (χ4n) is 3.21. The lowest BCUT2D eigenvalue weighted by Gasteiger charge is -2.32. The summed E-state index contributed by atoms with van der Waals surface area (Å²) < 4.78 is 4.91. The molecule has 2 N–H and O–H groups in total. The van der Waals surface area contributed by atoms with Gasteiger partial charge in [0, 0.05) is 24.5 Å². The predicted octanol–water partition coefficient (Wildman–Crippen LogP) is 3.14. The first-order chi connectivity index (χ1) is 13.5. The number of hydrogen-bond acceptors (Lipinski definition) is 5. The molecule has 0 bridgehead atoms. The summed E-state index contributed by atoms with van der Waals surface area (Å²) in [5.74, 6) is -0.526. The van der Waals surface area contributed by atoms with Crippen molar-refractivity contribution < 1.29 is 19.4 Å². The molecular formula is C22H26N2O4. The van der Waals surface area contributed by atoms with E-state index in [-0.39, 0.29) is 0 Å². The molecule has 0 spiro atoms. The van der Waals surface area contributed by atoms with Crippen molar-refractivity contribution in [2.24, 2.45) is 5.92 Å². The number of hydrogen-bond donors (Lipinski definition) is 2. The number of ether oxygens (including phenoxy) is 1. The van der Waals surface area contributed by atoms with Gasteiger partial charge in [0.05, 0.1) is 0 Å². The average molecular weight is 382 g/mol. The maximum atomic E-state index is 12.0. The Morgan fingerprint density at radius 2 is 1.75 bits per heavy atom. The Balaban J connectivity index is 1.46. The number of piperidine rings is 1. The summed E-state index contributed by atoms with van der Waals surface area (Å²) in [6, 6.07) is 16.1. The fraction of sp³-hybridized carbons (Fsp3) is 0.364. The molecule has 2 aromatic carbocycles. The van der Waals surface area contributed by atoms with E-state index in [4.69, 9.17) is 4.74 Å². The summed E-state index contributed by atoms with van der Waals surface area (Å²) in [4.78, 5) is 26.2. The van der Waals surface area contributed by atoms with E-state index in [1.165, 1.54) is 12.8 Å². The van der Waals surface area contributed by atoms with Crippen molar-refractivity contribution >= 4 is 23.3 Å². The number of nitrogens with one attached hydrogen (secondary N) is 1. The maximum Gasteiger partial charge on any atom is 0.340 e. The Morgan fingerprint density at radius 3 is 2.39 bits per heavy atom. The van der Waals surface area contributed by atoms with Gasteiger partial charge in [-0.05, 0) is 48.6 Å². The largest absolute Gasteiger partial charge is 0.453 e. The van der Waals surface area contributed by atoms with Crippen molar-refractivity contribution in [3.63, 3.8) is 0 Å². The molecule has 148 valence electrons. The molecule has 0 saturated carbocycles. The second kappa shape index (κ2) is 9.37. The van der Waals surface area contributed by atoms with E-state index in [9.17, 15) is 14.7 Å². The Hall–Kier alpha value is -2.86. The third-order valence-corrected chi connectivity index (χ3v) is 4.98. The van der Waals surface area contributed by atoms with Gasteiger partial charge < -0.3 is 20.1 Å². The van der Waals surface area contributed by atoms with Crippen LogP contribution in [0.25, 0.3) is 0 Å². The Morgan fingerprint density at radius 1 is 1.11 bits per heavy atom. The van der Waals surface area contributed by atoms with Gasteiger partial charge in [-0.25, -0.2) is 4.79 Å². The smallest absolute Gasteiger partial charge is 0.340 e. The number of benzene rings is 2. The normalized spacial score (nSPS) is 15.7. The SMILES string of the molecule is CC1CCN(c2ccc(NC(=O)COC(=O)[C@@H](O)c3ccccc3)cc2)CC1. The van der Waals surface area contributed by atoms with Crippen molar-refractivity contribution in [3.8, 4) is 0 Å². The van der Waals surface area contributed by atoms with Crippen molar-refractivity contribution in [2.75, 3.05) is 29.9 Å². The highest BCUT2D eigenvalue weighted by molar-refractivity contribution is 5.93. The molecule has 3 rings (SSSR count). The molecule has 6 heteroatoms. The lowest BCUT2D eigenvalue weighted by molar-refractivity contribution is -0.156. The Labute approximate surface area is 165 Å². The molecule has 1 saturated heterocycles. The van der Waals surface area contributed by atoms with Crippen LogP contribution in [0.3, 0.4) is 0 Å². The molecule has 1 fully saturated rings. The van der Waals surface area contributed by atoms with E-state index >= 15 is 0 Å². The summed E-state index contributed by atoms with van der Waals surface area (Å²) in [5.41, 5.74) is 2.21. The number of anilines is 2. The molecule has 1 atom stereocenters. The molecule has 1 aliphatic rings. The van der Waals surface area contributed by atoms with Crippen LogP contribution in [0.2, 0.25) is 0 Å². The second-order valence-corrected chi connectivity index (χ2v) is 7.19. The zero-order valence-corrected chi connectivity index (χ0v) is 16.0. The third-order valence-electron chi connectivity index (χ3n) is 4.98. The number of aliphatic hydroxyl groups is 1. The first-order valence-electron chi connectivity index (χ1n) is 9.57. The van der Waals surface area contributed by atoms with E-state index in [1.807, 2.05) is 24.3 Å². The molecule has 1 aliphatic heterocycles. The van der Waals surface area contributed by atoms with Crippen LogP contribution in [0.5, 0.6) is 0 Å². The van der Waals surface area contributed by atoms with E-state index < -0.39 is 24.6 Å². The zero-order chi connectivity index (χ0) is 19.9. The fourth-order valence-corrected chi connectivity index (χ4v) is 3.21. The summed E-state index contributed by atoms with van der Waals surface area (Å²) in [5, 5.41) is 12.6. The van der Waals surface area contributed by atoms with Crippen LogP contribution in [0.4, 0.5) is 11.4 Å². The van der Waals surface area contributed by atoms with Crippen LogP contribution < -0.4 is 10.2 Å². The van der Waals surface area contributed by atoms with Crippen LogP contribution >= 0.6 is 0 Å². The predicted molar refractivity (Wildman–Crippen MR) is 108 cm³/mol. The lowest BCUT2D eigenvalue weighted by atomic mass is 9.99. The highest BCUT2D eigenvalue weighted by Crippen LogP contribution is 2.24. The maximum absolute atomic E-state index is 12.0. The number of carbonyl (C=O) groups excluding carboxylic acids is 2. The summed E-state index contributed by atoms with van der Waals surface area (Å²) >= 11 is 0. The molecule has 0 radical (unpaired) electrons. The molecule has 0 aliphatic carbocycles. The molecule has 1 heterocycles. The minimum atomic E-state index is -1.40. The van der Waals surface area contributed by atoms with Crippen molar-refractivity contribution in [2.45, 2.75) is 25.9 Å². The van der Waals surface area contributed by atoms with Crippen LogP contribution in [-0.4, -0.2) is 36.7 Å². The second-order valence-electron chi connectivity index (χ2n) is 7.19. The minimum Gasteiger partial charge on any atom is -0.453 e. The minimum absolute atomic E-state index is 0.426. The van der Waals surface area contributed by atoms with Gasteiger partial charge in [0.25, 0.3) is 5.91 Å². The third kappa shape index (κ3) is 5.33. The number of aliphatic hydroxyl groups excluding tert-OH is 1. The number of esters is 1. The van der Waals surface area contributed by atoms with Gasteiger partial charge in [-0.3, -0.25) is 4.79 Å². The first kappa shape index (κ1) is 19.9. The molecule has 0 unspecified atom stereocenters. The molecule has 6 nitrogen and oxygen atoms in total. The van der Waals surface area contributed by atoms with E-state index in [1.54, 1.807) is 30.3 Å². The van der Waals surface area contributed by atoms with Crippen LogP contribution in [0.15, 0.2) is 54.6 Å². The molecule has 1 amide bonds. The monoisotopic (exact) mass is 382 g/mol. The summed E-state index contributed by atoms with van der Waals surface area (Å²) in [6.07, 6.45) is 0.984. The topological polar surface area (TPSA) is 78.9 Å². The highest BCUT2D eigenvalue weighted by Gasteiger charge is 2.20. The summed E-state index contributed by atoms with van der Waals surface area (Å²) in [7, 11) is 0.